The van der Waals surface area contributed by atoms with Crippen molar-refractivity contribution in [3.05, 3.63) is 40.9 Å². The van der Waals surface area contributed by atoms with Crippen LogP contribution in [0, 0.1) is 0 Å². The lowest BCUT2D eigenvalue weighted by Crippen LogP contribution is -2.05. The molecule has 3 heteroatoms. The van der Waals surface area contributed by atoms with Crippen molar-refractivity contribution >= 4 is 10.9 Å². The first-order valence-corrected chi connectivity index (χ1v) is 3.30. The highest BCUT2D eigenvalue weighted by Crippen LogP contribution is 2.02. The molecule has 1 N–H and O–H groups in total. The van der Waals surface area contributed by atoms with E-state index < -0.39 is 0 Å². The number of benzene rings is 1. The van der Waals surface area contributed by atoms with Crippen molar-refractivity contribution in [1.82, 2.24) is 9.97 Å². The average molecular weight is 148 g/mol. The molecule has 0 saturated carbocycles. The summed E-state index contributed by atoms with van der Waals surface area (Å²) in [6.07, 6.45) is 1.41. The minimum Gasteiger partial charge on any atom is -0.346 e. The second kappa shape index (κ2) is 2.20. The lowest BCUT2D eigenvalue weighted by Gasteiger charge is -1.92. The molecule has 11 heavy (non-hydrogen) atoms. The van der Waals surface area contributed by atoms with E-state index >= 15 is 0 Å². The largest absolute Gasteiger partial charge is 0.346 e. The molecule has 1 aromatic carbocycles. The number of nitrogens with zero attached hydrogens (tertiary/aromatic N) is 1. The first-order chi connectivity index (χ1) is 5.38. The summed E-state index contributed by atoms with van der Waals surface area (Å²) in [5.41, 5.74) is 0.645. The molecule has 0 aliphatic heterocycles. The lowest BCUT2D eigenvalue weighted by molar-refractivity contribution is 1.17. The molecule has 0 fully saturated rings. The Hall–Kier alpha value is -1.64. The molecular weight excluding hydrogens is 142 g/mol. The molecule has 54 valence electrons. The van der Waals surface area contributed by atoms with E-state index in [0.29, 0.717) is 5.39 Å². The molecule has 2 rings (SSSR count). The summed E-state index contributed by atoms with van der Waals surface area (Å²) in [5, 5.41) is 0.634. The van der Waals surface area contributed by atoms with Crippen molar-refractivity contribution in [2.24, 2.45) is 0 Å². The standard InChI is InChI=1S/C8H6N2O/c11-8-6-3-1-2-4-7(6)9-5-10-8/h1-5H,(H,9,10,11)/i5+2. The van der Waals surface area contributed by atoms with Crippen LogP contribution < -0.4 is 5.56 Å². The molecule has 3 nitrogen and oxygen atoms in total. The van der Waals surface area contributed by atoms with Gasteiger partial charge in [0.1, 0.15) is 0 Å². The van der Waals surface area contributed by atoms with Gasteiger partial charge in [-0.2, -0.15) is 4.98 Å². The maximum absolute atomic E-state index is 11.0. The first kappa shape index (κ1) is 6.09. The molecule has 1 heterocycles. The summed E-state index contributed by atoms with van der Waals surface area (Å²) < 4.78 is 0. The Kier molecular flexibility index (Phi) is 1.22. The minimum atomic E-state index is -0.181. The van der Waals surface area contributed by atoms with E-state index in [1.165, 1.54) is 6.33 Å². The third kappa shape index (κ3) is 0.902. The average Bonchev–Trinajstić information content (AvgIpc) is 2.06. The van der Waals surface area contributed by atoms with Gasteiger partial charge in [-0.15, -0.1) is 0 Å². The third-order valence-corrected chi connectivity index (χ3v) is 1.56. The van der Waals surface area contributed by atoms with Gasteiger partial charge in [-0.05, 0) is 12.1 Å². The smallest absolute Gasteiger partial charge is 0.280 e. The maximum atomic E-state index is 11.0. The molecule has 0 aliphatic rings. The van der Waals surface area contributed by atoms with E-state index in [0.717, 1.165) is 5.52 Å². The van der Waals surface area contributed by atoms with Crippen molar-refractivity contribution in [3.8, 4) is 0 Å². The van der Waals surface area contributed by atoms with Gasteiger partial charge in [0.15, 0.2) is 0 Å². The van der Waals surface area contributed by atoms with Crippen LogP contribution in [0.15, 0.2) is 35.4 Å². The fraction of sp³-hybridized carbons (Fsp3) is 0. The van der Waals surface area contributed by atoms with Crippen LogP contribution in [0.3, 0.4) is 0 Å². The zero-order valence-corrected chi connectivity index (χ0v) is 5.74. The first-order valence-electron chi connectivity index (χ1n) is 3.30. The van der Waals surface area contributed by atoms with Crippen molar-refractivity contribution < 1.29 is 0 Å². The highest BCUT2D eigenvalue weighted by Gasteiger charge is 1.94. The molecule has 0 atom stereocenters. The van der Waals surface area contributed by atoms with Gasteiger partial charge < -0.3 is 4.98 Å². The quantitative estimate of drug-likeness (QED) is 0.603. The highest BCUT2D eigenvalue weighted by molar-refractivity contribution is 5.76. The number of aromatic amines is 1. The number of aromatic nitrogens is 2. The van der Waals surface area contributed by atoms with Crippen LogP contribution in [0.1, 0.15) is 0 Å². The summed E-state index contributed by atoms with van der Waals surface area (Å²) in [7, 11) is 0. The molecule has 0 aliphatic carbocycles. The van der Waals surface area contributed by atoms with Gasteiger partial charge in [0.05, 0.1) is 17.2 Å². The predicted octanol–water partition coefficient (Wildman–Crippen LogP) is 0.923. The summed E-state index contributed by atoms with van der Waals surface area (Å²) >= 11 is 0. The lowest BCUT2D eigenvalue weighted by atomic mass is 10.2. The van der Waals surface area contributed by atoms with E-state index in [1.54, 1.807) is 6.07 Å². The maximum Gasteiger partial charge on any atom is 0.280 e. The zero-order chi connectivity index (χ0) is 7.68. The second-order valence-electron chi connectivity index (χ2n) is 2.25. The fourth-order valence-corrected chi connectivity index (χ4v) is 1.03. The third-order valence-electron chi connectivity index (χ3n) is 1.56. The summed E-state index contributed by atoms with van der Waals surface area (Å²) in [5.74, 6) is 0. The fourth-order valence-electron chi connectivity index (χ4n) is 1.03. The number of para-hydroxylation sites is 1. The number of hydrogen-bond acceptors (Lipinski definition) is 2. The highest BCUT2D eigenvalue weighted by atomic mass is 16.1. The molecule has 0 saturated heterocycles. The van der Waals surface area contributed by atoms with E-state index in [2.05, 4.69) is 9.97 Å². The molecule has 0 unspecified atom stereocenters. The number of nitrogens with one attached hydrogen (secondary N) is 1. The molecule has 1 aromatic heterocycles. The van der Waals surface area contributed by atoms with Gasteiger partial charge in [0, 0.05) is 0 Å². The Labute approximate surface area is 62.7 Å². The zero-order valence-electron chi connectivity index (χ0n) is 5.74. The summed E-state index contributed by atoms with van der Waals surface area (Å²) in [6, 6.07) is 7.29. The Morgan fingerprint density at radius 3 is 3.00 bits per heavy atom. The van der Waals surface area contributed by atoms with Crippen LogP contribution in [0.2, 0.25) is 0 Å². The predicted molar refractivity (Wildman–Crippen MR) is 42.4 cm³/mol. The van der Waals surface area contributed by atoms with Gasteiger partial charge in [-0.1, -0.05) is 12.1 Å². The molecule has 2 aromatic rings. The Bertz CT molecular complexity index is 428. The van der Waals surface area contributed by atoms with Crippen molar-refractivity contribution in [1.29, 1.82) is 0 Å². The van der Waals surface area contributed by atoms with Crippen molar-refractivity contribution in [2.75, 3.05) is 0 Å². The van der Waals surface area contributed by atoms with Gasteiger partial charge in [0.2, 0.25) is 0 Å². The van der Waals surface area contributed by atoms with E-state index in [1.807, 2.05) is 18.2 Å². The van der Waals surface area contributed by atoms with Crippen LogP contribution in [0.25, 0.3) is 10.9 Å². The second-order valence-corrected chi connectivity index (χ2v) is 2.25. The van der Waals surface area contributed by atoms with E-state index in [4.69, 9.17) is 0 Å². The number of H-pyrrole nitrogens is 1. The van der Waals surface area contributed by atoms with Crippen LogP contribution in [0.5, 0.6) is 0 Å². The van der Waals surface area contributed by atoms with Crippen LogP contribution in [0.4, 0.5) is 0 Å². The summed E-state index contributed by atoms with van der Waals surface area (Å²) in [6.45, 7) is 0. The number of fused-ring (bicyclic) bond motifs is 1. The molecule has 0 bridgehead atoms. The van der Waals surface area contributed by atoms with Crippen molar-refractivity contribution in [2.45, 2.75) is 0 Å². The molecule has 0 radical (unpaired) electrons. The van der Waals surface area contributed by atoms with E-state index in [-0.39, 0.29) is 5.56 Å². The number of rotatable bonds is 0. The summed E-state index contributed by atoms with van der Waals surface area (Å²) in [4.78, 5) is 17.5. The Morgan fingerprint density at radius 1 is 1.36 bits per heavy atom. The van der Waals surface area contributed by atoms with Crippen LogP contribution in [-0.2, 0) is 0 Å². The normalized spacial score (nSPS) is 10.2. The van der Waals surface area contributed by atoms with Crippen LogP contribution >= 0.6 is 0 Å². The Morgan fingerprint density at radius 2 is 2.18 bits per heavy atom. The monoisotopic (exact) mass is 148 g/mol. The molecular formula is C8H6N2O. The van der Waals surface area contributed by atoms with Crippen LogP contribution in [-0.4, -0.2) is 9.97 Å². The Balaban J connectivity index is 3.03. The SMILES string of the molecule is O=c1n[14cH][nH]c2ccccc12. The van der Waals surface area contributed by atoms with Crippen molar-refractivity contribution in [3.63, 3.8) is 0 Å². The number of hydrogen-bond donors (Lipinski definition) is 1. The molecule has 0 spiro atoms. The van der Waals surface area contributed by atoms with Gasteiger partial charge in [-0.3, -0.25) is 4.79 Å². The van der Waals surface area contributed by atoms with E-state index in [9.17, 15) is 4.79 Å². The molecule has 0 amide bonds. The van der Waals surface area contributed by atoms with Gasteiger partial charge in [-0.25, -0.2) is 0 Å². The van der Waals surface area contributed by atoms with Gasteiger partial charge >= 0.3 is 0 Å². The topological polar surface area (TPSA) is 45.8 Å². The minimum absolute atomic E-state index is 0.181. The van der Waals surface area contributed by atoms with Gasteiger partial charge in [0.25, 0.3) is 5.56 Å².